The van der Waals surface area contributed by atoms with Gasteiger partial charge in [-0.05, 0) is 59.8 Å². The largest absolute Gasteiger partial charge is 0.416 e. The van der Waals surface area contributed by atoms with Crippen LogP contribution >= 0.6 is 22.6 Å². The molecular formula is C17H12F3IN2. The lowest BCUT2D eigenvalue weighted by Crippen LogP contribution is -2.05. The Morgan fingerprint density at radius 2 is 1.74 bits per heavy atom. The van der Waals surface area contributed by atoms with E-state index in [9.17, 15) is 13.2 Å². The van der Waals surface area contributed by atoms with Gasteiger partial charge in [0.25, 0.3) is 0 Å². The molecule has 0 aliphatic carbocycles. The Morgan fingerprint density at radius 3 is 2.43 bits per heavy atom. The quantitative estimate of drug-likeness (QED) is 0.514. The summed E-state index contributed by atoms with van der Waals surface area (Å²) < 4.78 is 39.6. The zero-order valence-electron chi connectivity index (χ0n) is 12.1. The van der Waals surface area contributed by atoms with E-state index in [4.69, 9.17) is 0 Å². The molecule has 0 spiro atoms. The minimum Gasteiger partial charge on any atom is -0.354 e. The highest BCUT2D eigenvalue weighted by atomic mass is 127. The van der Waals surface area contributed by atoms with Gasteiger partial charge < -0.3 is 5.32 Å². The molecule has 6 heteroatoms. The highest BCUT2D eigenvalue weighted by Crippen LogP contribution is 2.34. The van der Waals surface area contributed by atoms with Crippen LogP contribution in [0, 0.1) is 10.5 Å². The predicted octanol–water partition coefficient (Wildman–Crippen LogP) is 5.91. The Labute approximate surface area is 144 Å². The van der Waals surface area contributed by atoms with E-state index in [0.717, 1.165) is 27.1 Å². The van der Waals surface area contributed by atoms with Crippen LogP contribution in [-0.2, 0) is 6.18 Å². The van der Waals surface area contributed by atoms with Gasteiger partial charge in [0.1, 0.15) is 0 Å². The summed E-state index contributed by atoms with van der Waals surface area (Å²) in [5.74, 6) is 0. The zero-order valence-corrected chi connectivity index (χ0v) is 14.2. The summed E-state index contributed by atoms with van der Waals surface area (Å²) in [6.45, 7) is 1.76. The average molecular weight is 428 g/mol. The first-order chi connectivity index (χ1) is 10.8. The number of hydrogen-bond acceptors (Lipinski definition) is 2. The van der Waals surface area contributed by atoms with Crippen molar-refractivity contribution >= 4 is 44.9 Å². The molecule has 0 saturated carbocycles. The zero-order chi connectivity index (χ0) is 16.6. The second-order valence-electron chi connectivity index (χ2n) is 5.15. The van der Waals surface area contributed by atoms with Gasteiger partial charge in [0.15, 0.2) is 0 Å². The van der Waals surface area contributed by atoms with Crippen molar-refractivity contribution in [2.24, 2.45) is 0 Å². The van der Waals surface area contributed by atoms with E-state index in [1.54, 1.807) is 6.92 Å². The number of nitrogens with one attached hydrogen (secondary N) is 1. The number of aromatic nitrogens is 1. The van der Waals surface area contributed by atoms with E-state index in [-0.39, 0.29) is 0 Å². The van der Waals surface area contributed by atoms with Crippen LogP contribution in [-0.4, -0.2) is 4.98 Å². The van der Waals surface area contributed by atoms with Gasteiger partial charge in [-0.2, -0.15) is 13.2 Å². The Bertz CT molecular complexity index is 875. The molecule has 2 nitrogen and oxygen atoms in total. The highest BCUT2D eigenvalue weighted by Gasteiger charge is 2.30. The second kappa shape index (κ2) is 5.99. The number of rotatable bonds is 2. The Morgan fingerprint density at radius 1 is 1.00 bits per heavy atom. The second-order valence-corrected chi connectivity index (χ2v) is 6.31. The maximum Gasteiger partial charge on any atom is 0.416 e. The first-order valence-corrected chi connectivity index (χ1v) is 7.92. The van der Waals surface area contributed by atoms with Gasteiger partial charge in [0, 0.05) is 20.3 Å². The lowest BCUT2D eigenvalue weighted by atomic mass is 10.1. The van der Waals surface area contributed by atoms with E-state index < -0.39 is 11.7 Å². The maximum absolute atomic E-state index is 12.9. The van der Waals surface area contributed by atoms with E-state index in [1.165, 1.54) is 6.07 Å². The van der Waals surface area contributed by atoms with Crippen LogP contribution in [0.15, 0.2) is 48.5 Å². The highest BCUT2D eigenvalue weighted by molar-refractivity contribution is 14.1. The fourth-order valence-electron chi connectivity index (χ4n) is 2.35. The summed E-state index contributed by atoms with van der Waals surface area (Å²) in [5.41, 5.74) is 1.94. The van der Waals surface area contributed by atoms with Crippen LogP contribution in [0.3, 0.4) is 0 Å². The SMILES string of the molecule is Cc1cc(Nc2ccccc2I)c2ccc(C(F)(F)F)cc2n1. The van der Waals surface area contributed by atoms with Gasteiger partial charge in [0.05, 0.1) is 16.8 Å². The van der Waals surface area contributed by atoms with Crippen molar-refractivity contribution in [3.05, 3.63) is 63.4 Å². The number of alkyl halides is 3. The fourth-order valence-corrected chi connectivity index (χ4v) is 2.87. The number of anilines is 2. The molecule has 0 aliphatic heterocycles. The molecule has 23 heavy (non-hydrogen) atoms. The molecule has 3 rings (SSSR count). The molecule has 1 N–H and O–H groups in total. The van der Waals surface area contributed by atoms with Gasteiger partial charge in [0.2, 0.25) is 0 Å². The van der Waals surface area contributed by atoms with E-state index in [2.05, 4.69) is 32.9 Å². The van der Waals surface area contributed by atoms with Gasteiger partial charge >= 0.3 is 6.18 Å². The minimum absolute atomic E-state index is 0.327. The van der Waals surface area contributed by atoms with Crippen molar-refractivity contribution in [3.8, 4) is 0 Å². The van der Waals surface area contributed by atoms with Crippen LogP contribution in [0.1, 0.15) is 11.3 Å². The first kappa shape index (κ1) is 16.0. The Balaban J connectivity index is 2.12. The number of aryl methyl sites for hydroxylation is 1. The van der Waals surface area contributed by atoms with Gasteiger partial charge in [-0.3, -0.25) is 4.98 Å². The molecule has 1 heterocycles. The number of benzene rings is 2. The van der Waals surface area contributed by atoms with Crippen molar-refractivity contribution in [1.29, 1.82) is 0 Å². The van der Waals surface area contributed by atoms with Crippen LogP contribution < -0.4 is 5.32 Å². The Kier molecular flexibility index (Phi) is 4.18. The predicted molar refractivity (Wildman–Crippen MR) is 93.9 cm³/mol. The molecule has 0 radical (unpaired) electrons. The van der Waals surface area contributed by atoms with E-state index in [0.29, 0.717) is 16.6 Å². The van der Waals surface area contributed by atoms with E-state index >= 15 is 0 Å². The minimum atomic E-state index is -4.37. The molecule has 3 aromatic rings. The normalized spacial score (nSPS) is 11.7. The number of para-hydroxylation sites is 1. The fraction of sp³-hybridized carbons (Fsp3) is 0.118. The summed E-state index contributed by atoms with van der Waals surface area (Å²) in [4.78, 5) is 4.23. The summed E-state index contributed by atoms with van der Waals surface area (Å²) in [5, 5.41) is 3.94. The summed E-state index contributed by atoms with van der Waals surface area (Å²) >= 11 is 2.21. The summed E-state index contributed by atoms with van der Waals surface area (Å²) in [6, 6.07) is 13.2. The van der Waals surface area contributed by atoms with Crippen LogP contribution in [0.25, 0.3) is 10.9 Å². The lowest BCUT2D eigenvalue weighted by molar-refractivity contribution is -0.137. The summed E-state index contributed by atoms with van der Waals surface area (Å²) in [6.07, 6.45) is -4.37. The third kappa shape index (κ3) is 3.41. The monoisotopic (exact) mass is 428 g/mol. The molecule has 0 aliphatic rings. The molecule has 118 valence electrons. The van der Waals surface area contributed by atoms with Crippen molar-refractivity contribution in [3.63, 3.8) is 0 Å². The molecule has 1 aromatic heterocycles. The Hall–Kier alpha value is -1.83. The van der Waals surface area contributed by atoms with Crippen molar-refractivity contribution in [1.82, 2.24) is 4.98 Å². The van der Waals surface area contributed by atoms with Crippen LogP contribution in [0.4, 0.5) is 24.5 Å². The molecule has 0 unspecified atom stereocenters. The molecule has 0 amide bonds. The van der Waals surface area contributed by atoms with E-state index in [1.807, 2.05) is 30.3 Å². The molecule has 0 saturated heterocycles. The van der Waals surface area contributed by atoms with Crippen molar-refractivity contribution in [2.75, 3.05) is 5.32 Å². The number of halogens is 4. The number of nitrogens with zero attached hydrogens (tertiary/aromatic N) is 1. The third-order valence-electron chi connectivity index (χ3n) is 3.41. The van der Waals surface area contributed by atoms with Crippen molar-refractivity contribution in [2.45, 2.75) is 13.1 Å². The number of fused-ring (bicyclic) bond motifs is 1. The molecule has 2 aromatic carbocycles. The topological polar surface area (TPSA) is 24.9 Å². The molecular weight excluding hydrogens is 416 g/mol. The third-order valence-corrected chi connectivity index (χ3v) is 4.35. The number of pyridine rings is 1. The van der Waals surface area contributed by atoms with Crippen LogP contribution in [0.5, 0.6) is 0 Å². The number of hydrogen-bond donors (Lipinski definition) is 1. The standard InChI is InChI=1S/C17H12F3IN2/c1-10-8-15(23-14-5-3-2-4-13(14)21)12-7-6-11(17(18,19)20)9-16(12)22-10/h2-9H,1H3,(H,22,23). The van der Waals surface area contributed by atoms with Gasteiger partial charge in [-0.15, -0.1) is 0 Å². The average Bonchev–Trinajstić information content (AvgIpc) is 2.48. The molecule has 0 fully saturated rings. The summed E-state index contributed by atoms with van der Waals surface area (Å²) in [7, 11) is 0. The molecule has 0 bridgehead atoms. The maximum atomic E-state index is 12.9. The van der Waals surface area contributed by atoms with Crippen LogP contribution in [0.2, 0.25) is 0 Å². The molecule has 0 atom stereocenters. The first-order valence-electron chi connectivity index (χ1n) is 6.85. The smallest absolute Gasteiger partial charge is 0.354 e. The lowest BCUT2D eigenvalue weighted by Gasteiger charge is -2.14. The van der Waals surface area contributed by atoms with Gasteiger partial charge in [-0.1, -0.05) is 18.2 Å². The van der Waals surface area contributed by atoms with Crippen molar-refractivity contribution < 1.29 is 13.2 Å². The van der Waals surface area contributed by atoms with Gasteiger partial charge in [-0.25, -0.2) is 0 Å².